The van der Waals surface area contributed by atoms with Crippen LogP contribution in [0, 0.1) is 30.6 Å². The number of halogens is 4. The Morgan fingerprint density at radius 1 is 0.543 bits per heavy atom. The van der Waals surface area contributed by atoms with Crippen LogP contribution in [-0.2, 0) is 12.2 Å². The summed E-state index contributed by atoms with van der Waals surface area (Å²) in [5.41, 5.74) is -0.548. The average molecular weight is 639 g/mol. The summed E-state index contributed by atoms with van der Waals surface area (Å²) < 4.78 is 81.0. The molecule has 3 rings (SSSR count). The van der Waals surface area contributed by atoms with Gasteiger partial charge in [-0.2, -0.15) is 17.6 Å². The Labute approximate surface area is 270 Å². The molecule has 0 aliphatic carbocycles. The molecule has 0 bridgehead atoms. The molecule has 246 valence electrons. The summed E-state index contributed by atoms with van der Waals surface area (Å²) in [5, 5.41) is 0. The van der Waals surface area contributed by atoms with Gasteiger partial charge in [-0.1, -0.05) is 20.3 Å². The van der Waals surface area contributed by atoms with E-state index < -0.39 is 12.2 Å². The molecule has 0 aromatic heterocycles. The molecule has 0 unspecified atom stereocenters. The second kappa shape index (κ2) is 18.6. The number of hydrogen-bond acceptors (Lipinski definition) is 4. The molecule has 0 atom stereocenters. The van der Waals surface area contributed by atoms with Crippen molar-refractivity contribution in [2.24, 2.45) is 0 Å². The maximum Gasteiger partial charge on any atom is 0.426 e. The largest absolute Gasteiger partial charge is 0.494 e. The second-order valence-electron chi connectivity index (χ2n) is 10.7. The van der Waals surface area contributed by atoms with E-state index in [4.69, 9.17) is 18.9 Å². The van der Waals surface area contributed by atoms with Gasteiger partial charge in [-0.3, -0.25) is 0 Å². The van der Waals surface area contributed by atoms with Crippen molar-refractivity contribution in [1.82, 2.24) is 0 Å². The number of aryl methyl sites for hydroxylation is 1. The number of benzene rings is 3. The first-order chi connectivity index (χ1) is 22.1. The Hall–Kier alpha value is -4.30. The molecule has 0 radical (unpaired) electrons. The van der Waals surface area contributed by atoms with E-state index in [1.807, 2.05) is 0 Å². The van der Waals surface area contributed by atoms with Crippen LogP contribution in [0.4, 0.5) is 17.6 Å². The van der Waals surface area contributed by atoms with E-state index in [9.17, 15) is 17.6 Å². The molecule has 0 aliphatic heterocycles. The Morgan fingerprint density at radius 3 is 1.48 bits per heavy atom. The summed E-state index contributed by atoms with van der Waals surface area (Å²) >= 11 is 0. The zero-order valence-electron chi connectivity index (χ0n) is 26.8. The van der Waals surface area contributed by atoms with E-state index in [0.29, 0.717) is 37.6 Å². The third-order valence-electron chi connectivity index (χ3n) is 6.72. The van der Waals surface area contributed by atoms with Crippen LogP contribution < -0.4 is 18.9 Å². The molecule has 0 amide bonds. The van der Waals surface area contributed by atoms with Gasteiger partial charge in [-0.15, -0.1) is 23.7 Å². The number of rotatable bonds is 17. The highest BCUT2D eigenvalue weighted by Crippen LogP contribution is 2.37. The summed E-state index contributed by atoms with van der Waals surface area (Å²) in [6.07, 6.45) is 0.550. The van der Waals surface area contributed by atoms with Crippen LogP contribution in [0.25, 0.3) is 0 Å². The molecule has 0 heterocycles. The predicted molar refractivity (Wildman–Crippen MR) is 173 cm³/mol. The number of unbranched alkanes of at least 4 members (excludes halogenated alkanes) is 5. The van der Waals surface area contributed by atoms with Crippen LogP contribution in [0.5, 0.6) is 23.0 Å². The number of alkyl halides is 4. The molecule has 46 heavy (non-hydrogen) atoms. The molecule has 0 saturated heterocycles. The third-order valence-corrected chi connectivity index (χ3v) is 6.72. The van der Waals surface area contributed by atoms with Gasteiger partial charge in [-0.25, -0.2) is 0 Å². The molecule has 8 heteroatoms. The lowest BCUT2D eigenvalue weighted by Crippen LogP contribution is -2.23. The Balaban J connectivity index is 1.51. The van der Waals surface area contributed by atoms with Gasteiger partial charge in [0.05, 0.1) is 24.3 Å². The first-order valence-corrected chi connectivity index (χ1v) is 15.8. The SMILES string of the molecule is CCCC#CCCCOc1ccc(C(F)(F)Oc2ccc(OC(F)(F)c3ccc(OCCCC#CCCCC)cc3)c(C)c2)cc1. The molecule has 0 N–H and O–H groups in total. The lowest BCUT2D eigenvalue weighted by molar-refractivity contribution is -0.188. The van der Waals surface area contributed by atoms with E-state index >= 15 is 0 Å². The summed E-state index contributed by atoms with van der Waals surface area (Å²) in [6, 6.07) is 14.3. The minimum atomic E-state index is -3.67. The molecule has 0 fully saturated rings. The summed E-state index contributed by atoms with van der Waals surface area (Å²) in [4.78, 5) is 0. The van der Waals surface area contributed by atoms with E-state index in [0.717, 1.165) is 44.9 Å². The molecule has 0 spiro atoms. The van der Waals surface area contributed by atoms with Crippen molar-refractivity contribution in [2.75, 3.05) is 13.2 Å². The highest BCUT2D eigenvalue weighted by Gasteiger charge is 2.36. The van der Waals surface area contributed by atoms with Gasteiger partial charge in [0.15, 0.2) is 0 Å². The summed E-state index contributed by atoms with van der Waals surface area (Å²) in [7, 11) is 0. The fourth-order valence-corrected chi connectivity index (χ4v) is 4.14. The molecular formula is C38H42F4O4. The van der Waals surface area contributed by atoms with Gasteiger partial charge >= 0.3 is 12.2 Å². The Kier molecular flexibility index (Phi) is 14.6. The lowest BCUT2D eigenvalue weighted by atomic mass is 10.1. The van der Waals surface area contributed by atoms with Crippen LogP contribution in [0.15, 0.2) is 66.7 Å². The quantitative estimate of drug-likeness (QED) is 0.0838. The average Bonchev–Trinajstić information content (AvgIpc) is 3.03. The molecule has 0 saturated carbocycles. The zero-order valence-corrected chi connectivity index (χ0v) is 26.8. The van der Waals surface area contributed by atoms with Gasteiger partial charge in [0, 0.05) is 25.7 Å². The maximum atomic E-state index is 15.0. The number of hydrogen-bond donors (Lipinski definition) is 0. The van der Waals surface area contributed by atoms with Crippen molar-refractivity contribution >= 4 is 0 Å². The van der Waals surface area contributed by atoms with Gasteiger partial charge in [0.1, 0.15) is 23.0 Å². The van der Waals surface area contributed by atoms with Gasteiger partial charge in [0.25, 0.3) is 0 Å². The molecule has 3 aromatic rings. The third kappa shape index (κ3) is 12.2. The van der Waals surface area contributed by atoms with E-state index in [1.54, 1.807) is 0 Å². The van der Waals surface area contributed by atoms with Crippen LogP contribution >= 0.6 is 0 Å². The Morgan fingerprint density at radius 2 is 1.00 bits per heavy atom. The fraction of sp³-hybridized carbons (Fsp3) is 0.421. The summed E-state index contributed by atoms with van der Waals surface area (Å²) in [6.45, 7) is 6.52. The van der Waals surface area contributed by atoms with Crippen LogP contribution in [0.1, 0.15) is 88.3 Å². The van der Waals surface area contributed by atoms with Crippen molar-refractivity contribution in [3.8, 4) is 46.7 Å². The normalized spacial score (nSPS) is 11.1. The van der Waals surface area contributed by atoms with Gasteiger partial charge < -0.3 is 18.9 Å². The van der Waals surface area contributed by atoms with Crippen molar-refractivity contribution in [3.63, 3.8) is 0 Å². The zero-order chi connectivity index (χ0) is 33.3. The van der Waals surface area contributed by atoms with Crippen molar-refractivity contribution < 1.29 is 36.5 Å². The van der Waals surface area contributed by atoms with E-state index in [-0.39, 0.29) is 28.2 Å². The summed E-state index contributed by atoms with van der Waals surface area (Å²) in [5.74, 6) is 12.9. The Bertz CT molecular complexity index is 1460. The standard InChI is InChI=1S/C38H42F4O4/c1-4-6-8-10-12-14-16-28-44-34-23-19-32(20-24-34)38(41,42)46-36-26-25-35(29-30(36)3)45-37(39,40)31-17-21-33(22-18-31)43-27-15-13-11-9-7-5-2/h17-26,29H,4-8,13-16,27-28H2,1-3H3. The van der Waals surface area contributed by atoms with Crippen LogP contribution in [-0.4, -0.2) is 13.2 Å². The minimum absolute atomic E-state index is 0.168. The maximum absolute atomic E-state index is 15.0. The first kappa shape index (κ1) is 36.2. The predicted octanol–water partition coefficient (Wildman–Crippen LogP) is 10.6. The second-order valence-corrected chi connectivity index (χ2v) is 10.7. The lowest BCUT2D eigenvalue weighted by Gasteiger charge is -2.22. The molecule has 0 aliphatic rings. The van der Waals surface area contributed by atoms with Crippen molar-refractivity contribution in [1.29, 1.82) is 0 Å². The van der Waals surface area contributed by atoms with Crippen molar-refractivity contribution in [2.45, 2.75) is 90.8 Å². The minimum Gasteiger partial charge on any atom is -0.494 e. The van der Waals surface area contributed by atoms with E-state index in [1.165, 1.54) is 73.7 Å². The van der Waals surface area contributed by atoms with Crippen molar-refractivity contribution in [3.05, 3.63) is 83.4 Å². The molecule has 4 nitrogen and oxygen atoms in total. The molecule has 3 aromatic carbocycles. The highest BCUT2D eigenvalue weighted by molar-refractivity contribution is 5.41. The first-order valence-electron chi connectivity index (χ1n) is 15.8. The van der Waals surface area contributed by atoms with Gasteiger partial charge in [-0.05, 0) is 105 Å². The smallest absolute Gasteiger partial charge is 0.426 e. The van der Waals surface area contributed by atoms with E-state index in [2.05, 4.69) is 37.5 Å². The van der Waals surface area contributed by atoms with Crippen LogP contribution in [0.3, 0.4) is 0 Å². The fourth-order valence-electron chi connectivity index (χ4n) is 4.14. The van der Waals surface area contributed by atoms with Gasteiger partial charge in [0.2, 0.25) is 0 Å². The number of ether oxygens (including phenoxy) is 4. The monoisotopic (exact) mass is 638 g/mol. The molecular weight excluding hydrogens is 596 g/mol. The van der Waals surface area contributed by atoms with Crippen LogP contribution in [0.2, 0.25) is 0 Å². The highest BCUT2D eigenvalue weighted by atomic mass is 19.3. The topological polar surface area (TPSA) is 36.9 Å².